The van der Waals surface area contributed by atoms with Crippen LogP contribution in [-0.4, -0.2) is 11.7 Å². The number of nitrogens with one attached hydrogen (secondary N) is 1. The Morgan fingerprint density at radius 2 is 1.62 bits per heavy atom. The summed E-state index contributed by atoms with van der Waals surface area (Å²) in [6, 6.07) is 0. The van der Waals surface area contributed by atoms with Crippen LogP contribution in [0.25, 0.3) is 0 Å². The Morgan fingerprint density at radius 1 is 1.12 bits per heavy atom. The fourth-order valence-electron chi connectivity index (χ4n) is 1.29. The minimum absolute atomic E-state index is 0.00622. The Hall–Kier alpha value is -1.38. The van der Waals surface area contributed by atoms with Gasteiger partial charge in [-0.25, -0.2) is 0 Å². The Balaban J connectivity index is 5.10. The van der Waals surface area contributed by atoms with Gasteiger partial charge in [0.15, 0.2) is 0 Å². The van der Waals surface area contributed by atoms with Gasteiger partial charge in [0.25, 0.3) is 0 Å². The van der Waals surface area contributed by atoms with Gasteiger partial charge in [0, 0.05) is 11.8 Å². The van der Waals surface area contributed by atoms with Gasteiger partial charge >= 0.3 is 0 Å². The van der Waals surface area contributed by atoms with Crippen molar-refractivity contribution in [2.24, 2.45) is 10.8 Å². The first kappa shape index (κ1) is 14.6. The van der Waals surface area contributed by atoms with Crippen molar-refractivity contribution in [3.8, 4) is 0 Å². The molecule has 0 aromatic carbocycles. The predicted octanol–water partition coefficient (Wildman–Crippen LogP) is 2.44. The SMILES string of the molecule is C=CCC(=O)C(C)(C)C(C)(C)C(=O)NC=C. The van der Waals surface area contributed by atoms with Crippen LogP contribution < -0.4 is 5.32 Å². The molecule has 0 atom stereocenters. The lowest BCUT2D eigenvalue weighted by atomic mass is 9.64. The number of allylic oxidation sites excluding steroid dienone is 1. The van der Waals surface area contributed by atoms with Crippen LogP contribution in [0.2, 0.25) is 0 Å². The summed E-state index contributed by atoms with van der Waals surface area (Å²) in [6.45, 7) is 14.1. The normalized spacial score (nSPS) is 11.8. The lowest BCUT2D eigenvalue weighted by molar-refractivity contribution is -0.144. The lowest BCUT2D eigenvalue weighted by Gasteiger charge is -2.38. The summed E-state index contributed by atoms with van der Waals surface area (Å²) in [5.74, 6) is -0.198. The van der Waals surface area contributed by atoms with E-state index < -0.39 is 10.8 Å². The van der Waals surface area contributed by atoms with E-state index in [-0.39, 0.29) is 18.1 Å². The summed E-state index contributed by atoms with van der Waals surface area (Å²) < 4.78 is 0. The van der Waals surface area contributed by atoms with Gasteiger partial charge < -0.3 is 5.32 Å². The van der Waals surface area contributed by atoms with Gasteiger partial charge in [-0.1, -0.05) is 40.3 Å². The Morgan fingerprint density at radius 3 is 2.00 bits per heavy atom. The van der Waals surface area contributed by atoms with Crippen LogP contribution in [0.1, 0.15) is 34.1 Å². The molecule has 0 aliphatic rings. The molecular weight excluding hydrogens is 202 g/mol. The molecule has 0 bridgehead atoms. The second-order valence-corrected chi connectivity index (χ2v) is 4.84. The van der Waals surface area contributed by atoms with Crippen LogP contribution in [0.5, 0.6) is 0 Å². The fraction of sp³-hybridized carbons (Fsp3) is 0.538. The molecule has 3 heteroatoms. The standard InChI is InChI=1S/C13H21NO2/c1-7-9-10(15)12(3,4)13(5,6)11(16)14-8-2/h7-8H,1-2,9H2,3-6H3,(H,14,16). The largest absolute Gasteiger partial charge is 0.333 e. The molecule has 0 aliphatic heterocycles. The van der Waals surface area contributed by atoms with Crippen molar-refractivity contribution in [2.75, 3.05) is 0 Å². The average Bonchev–Trinajstić information content (AvgIpc) is 2.18. The molecular formula is C13H21NO2. The summed E-state index contributed by atoms with van der Waals surface area (Å²) in [5.41, 5.74) is -1.53. The molecule has 0 rings (SSSR count). The van der Waals surface area contributed by atoms with Crippen molar-refractivity contribution in [1.29, 1.82) is 0 Å². The van der Waals surface area contributed by atoms with Crippen molar-refractivity contribution in [3.63, 3.8) is 0 Å². The van der Waals surface area contributed by atoms with Gasteiger partial charge in [0.05, 0.1) is 5.41 Å². The van der Waals surface area contributed by atoms with Crippen molar-refractivity contribution >= 4 is 11.7 Å². The zero-order valence-corrected chi connectivity index (χ0v) is 10.6. The molecule has 0 heterocycles. The van der Waals surface area contributed by atoms with E-state index in [0.29, 0.717) is 0 Å². The Kier molecular flexibility index (Phi) is 4.66. The summed E-state index contributed by atoms with van der Waals surface area (Å²) in [6.07, 6.45) is 3.17. The topological polar surface area (TPSA) is 46.2 Å². The van der Waals surface area contributed by atoms with Gasteiger partial charge in [-0.15, -0.1) is 6.58 Å². The number of rotatable bonds is 6. The summed E-state index contributed by atoms with van der Waals surface area (Å²) >= 11 is 0. The molecule has 0 saturated heterocycles. The van der Waals surface area contributed by atoms with E-state index in [2.05, 4.69) is 18.5 Å². The third-order valence-corrected chi connectivity index (χ3v) is 3.39. The zero-order valence-electron chi connectivity index (χ0n) is 10.6. The maximum atomic E-state index is 11.9. The number of carbonyl (C=O) groups excluding carboxylic acids is 2. The van der Waals surface area contributed by atoms with E-state index in [0.717, 1.165) is 0 Å². The van der Waals surface area contributed by atoms with E-state index in [1.54, 1.807) is 33.8 Å². The van der Waals surface area contributed by atoms with Crippen molar-refractivity contribution in [3.05, 3.63) is 25.4 Å². The van der Waals surface area contributed by atoms with Crippen LogP contribution in [0.15, 0.2) is 25.4 Å². The van der Waals surface area contributed by atoms with Gasteiger partial charge in [0.2, 0.25) is 5.91 Å². The van der Waals surface area contributed by atoms with E-state index in [1.165, 1.54) is 6.20 Å². The second kappa shape index (κ2) is 5.10. The molecule has 0 fully saturated rings. The van der Waals surface area contributed by atoms with Crippen molar-refractivity contribution in [1.82, 2.24) is 5.32 Å². The minimum atomic E-state index is -0.790. The quantitative estimate of drug-likeness (QED) is 0.703. The van der Waals surface area contributed by atoms with E-state index in [1.807, 2.05) is 0 Å². The second-order valence-electron chi connectivity index (χ2n) is 4.84. The predicted molar refractivity (Wildman–Crippen MR) is 65.7 cm³/mol. The van der Waals surface area contributed by atoms with Crippen molar-refractivity contribution in [2.45, 2.75) is 34.1 Å². The van der Waals surface area contributed by atoms with Gasteiger partial charge in [0.1, 0.15) is 5.78 Å². The number of hydrogen-bond acceptors (Lipinski definition) is 2. The lowest BCUT2D eigenvalue weighted by Crippen LogP contribution is -2.48. The number of carbonyl (C=O) groups is 2. The third kappa shape index (κ3) is 2.60. The molecule has 1 N–H and O–H groups in total. The maximum absolute atomic E-state index is 11.9. The van der Waals surface area contributed by atoms with Gasteiger partial charge in [-0.05, 0) is 6.20 Å². The van der Waals surface area contributed by atoms with Crippen LogP contribution in [-0.2, 0) is 9.59 Å². The molecule has 3 nitrogen and oxygen atoms in total. The molecule has 0 aromatic heterocycles. The Labute approximate surface area is 97.6 Å². The minimum Gasteiger partial charge on any atom is -0.333 e. The number of hydrogen-bond donors (Lipinski definition) is 1. The smallest absolute Gasteiger partial charge is 0.230 e. The van der Waals surface area contributed by atoms with E-state index in [9.17, 15) is 9.59 Å². The monoisotopic (exact) mass is 223 g/mol. The first-order valence-electron chi connectivity index (χ1n) is 5.28. The molecule has 1 amide bonds. The summed E-state index contributed by atoms with van der Waals surface area (Å²) in [4.78, 5) is 23.8. The first-order valence-corrected chi connectivity index (χ1v) is 5.28. The maximum Gasteiger partial charge on any atom is 0.230 e. The third-order valence-electron chi connectivity index (χ3n) is 3.39. The molecule has 0 aromatic rings. The zero-order chi connectivity index (χ0) is 13.0. The highest BCUT2D eigenvalue weighted by molar-refractivity contribution is 5.94. The summed E-state index contributed by atoms with van der Waals surface area (Å²) in [7, 11) is 0. The van der Waals surface area contributed by atoms with E-state index >= 15 is 0 Å². The average molecular weight is 223 g/mol. The van der Waals surface area contributed by atoms with Crippen LogP contribution in [0, 0.1) is 10.8 Å². The Bertz CT molecular complexity index is 282. The first-order chi connectivity index (χ1) is 7.21. The highest BCUT2D eigenvalue weighted by Crippen LogP contribution is 2.40. The molecule has 0 radical (unpaired) electrons. The van der Waals surface area contributed by atoms with Crippen LogP contribution >= 0.6 is 0 Å². The number of ketones is 1. The number of Topliss-reactive ketones (excluding diaryl/α,β-unsaturated/α-hetero) is 1. The van der Waals surface area contributed by atoms with E-state index in [4.69, 9.17) is 0 Å². The molecule has 0 saturated carbocycles. The molecule has 16 heavy (non-hydrogen) atoms. The van der Waals surface area contributed by atoms with Gasteiger partial charge in [-0.3, -0.25) is 9.59 Å². The molecule has 0 unspecified atom stereocenters. The van der Waals surface area contributed by atoms with Crippen LogP contribution in [0.3, 0.4) is 0 Å². The van der Waals surface area contributed by atoms with Gasteiger partial charge in [-0.2, -0.15) is 0 Å². The summed E-state index contributed by atoms with van der Waals surface area (Å²) in [5, 5.41) is 2.54. The fourth-order valence-corrected chi connectivity index (χ4v) is 1.29. The molecule has 90 valence electrons. The highest BCUT2D eigenvalue weighted by atomic mass is 16.2. The van der Waals surface area contributed by atoms with Crippen LogP contribution in [0.4, 0.5) is 0 Å². The van der Waals surface area contributed by atoms with Crippen molar-refractivity contribution < 1.29 is 9.59 Å². The number of amides is 1. The molecule has 0 spiro atoms. The molecule has 0 aliphatic carbocycles. The highest BCUT2D eigenvalue weighted by Gasteiger charge is 2.46.